The van der Waals surface area contributed by atoms with Crippen molar-refractivity contribution in [3.05, 3.63) is 69.1 Å². The summed E-state index contributed by atoms with van der Waals surface area (Å²) >= 11 is 0. The summed E-state index contributed by atoms with van der Waals surface area (Å²) in [6, 6.07) is 11.1. The lowest BCUT2D eigenvalue weighted by Gasteiger charge is -2.25. The van der Waals surface area contributed by atoms with E-state index in [0.29, 0.717) is 18.5 Å². The molecule has 30 heavy (non-hydrogen) atoms. The minimum atomic E-state index is -3.82. The molecule has 2 heterocycles. The molecular weight excluding hydrogens is 412 g/mol. The summed E-state index contributed by atoms with van der Waals surface area (Å²) in [5.41, 5.74) is -0.729. The number of piperidine rings is 1. The maximum absolute atomic E-state index is 12.8. The van der Waals surface area contributed by atoms with Crippen molar-refractivity contribution in [2.24, 2.45) is 0 Å². The van der Waals surface area contributed by atoms with Gasteiger partial charge in [0.25, 0.3) is 0 Å². The summed E-state index contributed by atoms with van der Waals surface area (Å²) in [5, 5.41) is 12.2. The average molecular weight is 430 g/mol. The van der Waals surface area contributed by atoms with Gasteiger partial charge in [-0.1, -0.05) is 6.42 Å². The van der Waals surface area contributed by atoms with Gasteiger partial charge in [0.05, 0.1) is 9.82 Å². The van der Waals surface area contributed by atoms with E-state index in [1.54, 1.807) is 18.2 Å². The molecule has 1 saturated heterocycles. The third-order valence-electron chi connectivity index (χ3n) is 4.90. The first-order chi connectivity index (χ1) is 14.3. The first-order valence-corrected chi connectivity index (χ1v) is 10.8. The van der Waals surface area contributed by atoms with Gasteiger partial charge in [-0.2, -0.15) is 4.31 Å². The van der Waals surface area contributed by atoms with Crippen LogP contribution >= 0.6 is 0 Å². The van der Waals surface area contributed by atoms with Crippen molar-refractivity contribution in [1.29, 1.82) is 0 Å². The average Bonchev–Trinajstić information content (AvgIpc) is 2.74. The third-order valence-corrected chi connectivity index (χ3v) is 6.80. The molecule has 1 fully saturated rings. The zero-order valence-electron chi connectivity index (χ0n) is 15.8. The lowest BCUT2D eigenvalue weighted by Crippen LogP contribution is -2.35. The normalized spacial score (nSPS) is 15.2. The molecule has 0 radical (unpaired) electrons. The van der Waals surface area contributed by atoms with Crippen LogP contribution in [-0.4, -0.2) is 30.7 Å². The summed E-state index contributed by atoms with van der Waals surface area (Å²) in [5.74, 6) is 0.0989. The van der Waals surface area contributed by atoms with Crippen molar-refractivity contribution >= 4 is 26.7 Å². The van der Waals surface area contributed by atoms with E-state index in [0.717, 1.165) is 25.3 Å². The van der Waals surface area contributed by atoms with Crippen LogP contribution in [0.2, 0.25) is 0 Å². The summed E-state index contributed by atoms with van der Waals surface area (Å²) in [7, 11) is -3.82. The Labute approximate surface area is 171 Å². The number of fused-ring (bicyclic) bond motifs is 1. The number of benzene rings is 2. The van der Waals surface area contributed by atoms with Crippen LogP contribution in [0, 0.1) is 10.1 Å². The van der Waals surface area contributed by atoms with E-state index in [1.165, 1.54) is 28.6 Å². The van der Waals surface area contributed by atoms with Crippen molar-refractivity contribution < 1.29 is 22.5 Å². The van der Waals surface area contributed by atoms with Crippen LogP contribution in [0.3, 0.4) is 0 Å². The van der Waals surface area contributed by atoms with E-state index in [2.05, 4.69) is 0 Å². The number of nitro benzene ring substituents is 1. The standard InChI is InChI=1S/C20H18N2O7S/c23-20-9-5-14-4-6-15(12-19(14)29-20)28-18-8-7-16(13-17(18)22(24)25)30(26,27)21-10-2-1-3-11-21/h4-9,12-13H,1-3,10-11H2. The molecule has 0 atom stereocenters. The first kappa shape index (κ1) is 20.0. The van der Waals surface area contributed by atoms with Crippen molar-refractivity contribution in [2.45, 2.75) is 24.2 Å². The Bertz CT molecular complexity index is 1280. The fourth-order valence-corrected chi connectivity index (χ4v) is 4.91. The van der Waals surface area contributed by atoms with Gasteiger partial charge in [0.1, 0.15) is 11.3 Å². The second-order valence-electron chi connectivity index (χ2n) is 6.91. The van der Waals surface area contributed by atoms with E-state index in [4.69, 9.17) is 9.15 Å². The molecule has 0 saturated carbocycles. The molecule has 0 aliphatic carbocycles. The molecule has 2 aromatic carbocycles. The van der Waals surface area contributed by atoms with E-state index in [-0.39, 0.29) is 22.0 Å². The van der Waals surface area contributed by atoms with Gasteiger partial charge in [-0.3, -0.25) is 10.1 Å². The maximum Gasteiger partial charge on any atom is 0.336 e. The second-order valence-corrected chi connectivity index (χ2v) is 8.85. The van der Waals surface area contributed by atoms with Gasteiger partial charge < -0.3 is 9.15 Å². The van der Waals surface area contributed by atoms with Crippen LogP contribution in [0.1, 0.15) is 19.3 Å². The number of rotatable bonds is 5. The zero-order valence-corrected chi connectivity index (χ0v) is 16.6. The van der Waals surface area contributed by atoms with E-state index in [1.807, 2.05) is 0 Å². The highest BCUT2D eigenvalue weighted by atomic mass is 32.2. The smallest absolute Gasteiger partial charge is 0.336 e. The number of ether oxygens (including phenoxy) is 1. The summed E-state index contributed by atoms with van der Waals surface area (Å²) in [6.45, 7) is 0.799. The third kappa shape index (κ3) is 3.91. The zero-order chi connectivity index (χ0) is 21.3. The molecule has 1 aromatic heterocycles. The first-order valence-electron chi connectivity index (χ1n) is 9.35. The van der Waals surface area contributed by atoms with Crippen molar-refractivity contribution in [2.75, 3.05) is 13.1 Å². The fraction of sp³-hybridized carbons (Fsp3) is 0.250. The number of sulfonamides is 1. The number of nitrogens with zero attached hydrogens (tertiary/aromatic N) is 2. The Kier molecular flexibility index (Phi) is 5.27. The van der Waals surface area contributed by atoms with Gasteiger partial charge in [0.15, 0.2) is 0 Å². The second kappa shape index (κ2) is 7.88. The molecule has 1 aliphatic heterocycles. The number of hydrogen-bond donors (Lipinski definition) is 0. The molecule has 0 unspecified atom stereocenters. The van der Waals surface area contributed by atoms with Crippen LogP contribution in [0.5, 0.6) is 11.5 Å². The summed E-state index contributed by atoms with van der Waals surface area (Å²) in [4.78, 5) is 22.1. The van der Waals surface area contributed by atoms with Gasteiger partial charge in [-0.05, 0) is 43.2 Å². The molecule has 0 bridgehead atoms. The molecular formula is C20H18N2O7S. The number of hydrogen-bond acceptors (Lipinski definition) is 7. The molecule has 4 rings (SSSR count). The maximum atomic E-state index is 12.8. The Balaban J connectivity index is 1.69. The topological polar surface area (TPSA) is 120 Å². The van der Waals surface area contributed by atoms with Crippen molar-refractivity contribution in [3.8, 4) is 11.5 Å². The molecule has 3 aromatic rings. The molecule has 0 spiro atoms. The summed E-state index contributed by atoms with van der Waals surface area (Å²) in [6.07, 6.45) is 2.49. The van der Waals surface area contributed by atoms with Gasteiger partial charge in [0, 0.05) is 36.7 Å². The van der Waals surface area contributed by atoms with Crippen molar-refractivity contribution in [1.82, 2.24) is 4.31 Å². The highest BCUT2D eigenvalue weighted by molar-refractivity contribution is 7.89. The minimum absolute atomic E-state index is 0.116. The fourth-order valence-electron chi connectivity index (χ4n) is 3.37. The van der Waals surface area contributed by atoms with Crippen molar-refractivity contribution in [3.63, 3.8) is 0 Å². The predicted molar refractivity (Wildman–Crippen MR) is 108 cm³/mol. The minimum Gasteiger partial charge on any atom is -0.450 e. The Morgan fingerprint density at radius 2 is 1.73 bits per heavy atom. The highest BCUT2D eigenvalue weighted by Crippen LogP contribution is 2.35. The van der Waals surface area contributed by atoms with Gasteiger partial charge >= 0.3 is 11.3 Å². The number of nitro groups is 1. The van der Waals surface area contributed by atoms with E-state index < -0.39 is 26.3 Å². The molecule has 1 aliphatic rings. The summed E-state index contributed by atoms with van der Waals surface area (Å²) < 4.78 is 37.7. The molecule has 9 nitrogen and oxygen atoms in total. The largest absolute Gasteiger partial charge is 0.450 e. The van der Waals surface area contributed by atoms with Crippen LogP contribution in [-0.2, 0) is 10.0 Å². The Morgan fingerprint density at radius 3 is 2.47 bits per heavy atom. The lowest BCUT2D eigenvalue weighted by atomic mass is 10.2. The van der Waals surface area contributed by atoms with Gasteiger partial charge in [-0.15, -0.1) is 0 Å². The highest BCUT2D eigenvalue weighted by Gasteiger charge is 2.29. The van der Waals surface area contributed by atoms with Crippen LogP contribution < -0.4 is 10.4 Å². The molecule has 0 amide bonds. The SMILES string of the molecule is O=c1ccc2ccc(Oc3ccc(S(=O)(=O)N4CCCCC4)cc3[N+](=O)[O-])cc2o1. The van der Waals surface area contributed by atoms with Gasteiger partial charge in [0.2, 0.25) is 15.8 Å². The van der Waals surface area contributed by atoms with Crippen LogP contribution in [0.15, 0.2) is 62.6 Å². The quantitative estimate of drug-likeness (QED) is 0.344. The lowest BCUT2D eigenvalue weighted by molar-refractivity contribution is -0.385. The van der Waals surface area contributed by atoms with E-state index >= 15 is 0 Å². The predicted octanol–water partition coefficient (Wildman–Crippen LogP) is 3.67. The van der Waals surface area contributed by atoms with Crippen LogP contribution in [0.25, 0.3) is 11.0 Å². The Morgan fingerprint density at radius 1 is 1.00 bits per heavy atom. The van der Waals surface area contributed by atoms with E-state index in [9.17, 15) is 23.3 Å². The Hall–Kier alpha value is -3.24. The monoisotopic (exact) mass is 430 g/mol. The van der Waals surface area contributed by atoms with Crippen LogP contribution in [0.4, 0.5) is 5.69 Å². The molecule has 156 valence electrons. The molecule has 10 heteroatoms. The van der Waals surface area contributed by atoms with Gasteiger partial charge in [-0.25, -0.2) is 13.2 Å². The molecule has 0 N–H and O–H groups in total.